The number of hydrogen-bond donors (Lipinski definition) is 0. The van der Waals surface area contributed by atoms with Gasteiger partial charge in [-0.25, -0.2) is 4.39 Å². The van der Waals surface area contributed by atoms with E-state index in [1.165, 1.54) is 30.0 Å². The molecule has 0 N–H and O–H groups in total. The van der Waals surface area contributed by atoms with Crippen LogP contribution in [0.4, 0.5) is 4.39 Å². The third kappa shape index (κ3) is 2.50. The van der Waals surface area contributed by atoms with Crippen molar-refractivity contribution >= 4 is 10.9 Å². The number of fused-ring (bicyclic) bond motifs is 1. The molecule has 1 fully saturated rings. The Morgan fingerprint density at radius 1 is 1.21 bits per heavy atom. The second-order valence-corrected chi connectivity index (χ2v) is 6.86. The molecule has 0 saturated heterocycles. The summed E-state index contributed by atoms with van der Waals surface area (Å²) in [5, 5.41) is 9.44. The van der Waals surface area contributed by atoms with E-state index in [2.05, 4.69) is 15.2 Å². The summed E-state index contributed by atoms with van der Waals surface area (Å²) in [4.78, 5) is 4.52. The lowest BCUT2D eigenvalue weighted by molar-refractivity contribution is 0.313. The highest BCUT2D eigenvalue weighted by Gasteiger charge is 2.24. The number of rotatable bonds is 3. The second kappa shape index (κ2) is 6.00. The molecule has 1 saturated carbocycles. The van der Waals surface area contributed by atoms with Crippen molar-refractivity contribution in [1.29, 1.82) is 0 Å². The van der Waals surface area contributed by atoms with Crippen LogP contribution < -0.4 is 0 Å². The molecule has 0 amide bonds. The largest absolute Gasteiger partial charge is 0.337 e. The Bertz CT molecular complexity index is 861. The Balaban J connectivity index is 1.80. The first-order chi connectivity index (χ1) is 11.6. The lowest BCUT2D eigenvalue weighted by atomic mass is 9.89. The molecule has 3 aromatic rings. The average Bonchev–Trinajstić information content (AvgIpc) is 3.21. The first-order valence-electron chi connectivity index (χ1n) is 8.66. The molecular formula is C18H21FN4O. The Kier molecular flexibility index (Phi) is 3.82. The Hall–Kier alpha value is -2.24. The molecule has 24 heavy (non-hydrogen) atoms. The van der Waals surface area contributed by atoms with Crippen molar-refractivity contribution < 1.29 is 8.91 Å². The van der Waals surface area contributed by atoms with E-state index < -0.39 is 0 Å². The first-order valence-corrected chi connectivity index (χ1v) is 8.66. The minimum absolute atomic E-state index is 0.181. The molecule has 0 unspecified atom stereocenters. The van der Waals surface area contributed by atoms with Gasteiger partial charge in [0.2, 0.25) is 5.89 Å². The third-order valence-electron chi connectivity index (χ3n) is 4.80. The molecule has 0 aliphatic heterocycles. The van der Waals surface area contributed by atoms with Crippen molar-refractivity contribution in [2.75, 3.05) is 0 Å². The van der Waals surface area contributed by atoms with Gasteiger partial charge in [-0.15, -0.1) is 0 Å². The number of nitrogens with zero attached hydrogens (tertiary/aromatic N) is 4. The quantitative estimate of drug-likeness (QED) is 0.698. The molecule has 0 bridgehead atoms. The predicted molar refractivity (Wildman–Crippen MR) is 88.8 cm³/mol. The van der Waals surface area contributed by atoms with E-state index in [-0.39, 0.29) is 11.7 Å². The van der Waals surface area contributed by atoms with E-state index in [0.29, 0.717) is 23.3 Å². The van der Waals surface area contributed by atoms with Crippen molar-refractivity contribution in [3.05, 3.63) is 35.6 Å². The molecule has 126 valence electrons. The second-order valence-electron chi connectivity index (χ2n) is 6.86. The Labute approximate surface area is 139 Å². The topological polar surface area (TPSA) is 56.7 Å². The Morgan fingerprint density at radius 3 is 2.75 bits per heavy atom. The van der Waals surface area contributed by atoms with E-state index in [0.717, 1.165) is 23.9 Å². The highest BCUT2D eigenvalue weighted by Crippen LogP contribution is 2.33. The normalized spacial score (nSPS) is 16.3. The zero-order valence-corrected chi connectivity index (χ0v) is 14.0. The zero-order valence-electron chi connectivity index (χ0n) is 14.0. The zero-order chi connectivity index (χ0) is 16.7. The number of aromatic nitrogens is 4. The van der Waals surface area contributed by atoms with Gasteiger partial charge in [0.25, 0.3) is 5.95 Å². The van der Waals surface area contributed by atoms with Crippen LogP contribution in [0.3, 0.4) is 0 Å². The molecule has 4 rings (SSSR count). The van der Waals surface area contributed by atoms with Crippen LogP contribution in [0, 0.1) is 5.82 Å². The summed E-state index contributed by atoms with van der Waals surface area (Å²) in [6.07, 6.45) is 5.81. The van der Waals surface area contributed by atoms with Crippen LogP contribution in [-0.4, -0.2) is 19.9 Å². The fourth-order valence-electron chi connectivity index (χ4n) is 3.55. The molecule has 1 aliphatic rings. The summed E-state index contributed by atoms with van der Waals surface area (Å²) in [6, 6.07) is 5.03. The summed E-state index contributed by atoms with van der Waals surface area (Å²) in [6.45, 7) is 4.08. The molecule has 1 aliphatic carbocycles. The van der Waals surface area contributed by atoms with E-state index >= 15 is 0 Å². The minimum Gasteiger partial charge on any atom is -0.337 e. The highest BCUT2D eigenvalue weighted by atomic mass is 19.1. The average molecular weight is 328 g/mol. The fraction of sp³-hybridized carbons (Fsp3) is 0.500. The van der Waals surface area contributed by atoms with Crippen molar-refractivity contribution in [3.8, 4) is 5.95 Å². The molecule has 6 heteroatoms. The van der Waals surface area contributed by atoms with Crippen LogP contribution in [0.15, 0.2) is 22.7 Å². The van der Waals surface area contributed by atoms with E-state index in [1.807, 2.05) is 19.9 Å². The molecule has 0 spiro atoms. The van der Waals surface area contributed by atoms with E-state index in [9.17, 15) is 4.39 Å². The minimum atomic E-state index is -0.323. The van der Waals surface area contributed by atoms with Crippen LogP contribution in [-0.2, 0) is 0 Å². The van der Waals surface area contributed by atoms with Crippen molar-refractivity contribution in [2.24, 2.45) is 0 Å². The molecule has 1 aromatic carbocycles. The number of benzene rings is 1. The lowest BCUT2D eigenvalue weighted by Crippen LogP contribution is -2.06. The van der Waals surface area contributed by atoms with Crippen LogP contribution in [0.1, 0.15) is 69.4 Å². The number of hydrogen-bond acceptors (Lipinski definition) is 4. The summed E-state index contributed by atoms with van der Waals surface area (Å²) in [7, 11) is 0. The monoisotopic (exact) mass is 328 g/mol. The molecule has 0 atom stereocenters. The van der Waals surface area contributed by atoms with Gasteiger partial charge >= 0.3 is 0 Å². The van der Waals surface area contributed by atoms with Gasteiger partial charge in [-0.3, -0.25) is 0 Å². The van der Waals surface area contributed by atoms with Crippen LogP contribution in [0.2, 0.25) is 0 Å². The van der Waals surface area contributed by atoms with Gasteiger partial charge in [0.15, 0.2) is 0 Å². The van der Waals surface area contributed by atoms with Gasteiger partial charge < -0.3 is 4.52 Å². The number of para-hydroxylation sites is 1. The van der Waals surface area contributed by atoms with Crippen LogP contribution >= 0.6 is 0 Å². The van der Waals surface area contributed by atoms with Gasteiger partial charge in [-0.2, -0.15) is 14.8 Å². The van der Waals surface area contributed by atoms with Crippen molar-refractivity contribution in [1.82, 2.24) is 19.9 Å². The molecule has 2 heterocycles. The summed E-state index contributed by atoms with van der Waals surface area (Å²) in [5.41, 5.74) is 1.26. The Morgan fingerprint density at radius 2 is 2.00 bits per heavy atom. The predicted octanol–water partition coefficient (Wildman–Crippen LogP) is 4.72. The summed E-state index contributed by atoms with van der Waals surface area (Å²) in [5.74, 6) is 1.14. The smallest absolute Gasteiger partial charge is 0.291 e. The maximum Gasteiger partial charge on any atom is 0.291 e. The van der Waals surface area contributed by atoms with Gasteiger partial charge in [0, 0.05) is 11.3 Å². The van der Waals surface area contributed by atoms with Gasteiger partial charge in [0.05, 0.1) is 5.69 Å². The molecule has 2 aromatic heterocycles. The SMILES string of the molecule is CC(C)c1nn(-c2noc(C3CCCCC3)n2)c2c(F)cccc12. The molecule has 5 nitrogen and oxygen atoms in total. The van der Waals surface area contributed by atoms with Crippen LogP contribution in [0.5, 0.6) is 0 Å². The third-order valence-corrected chi connectivity index (χ3v) is 4.80. The van der Waals surface area contributed by atoms with Crippen LogP contribution in [0.25, 0.3) is 16.9 Å². The van der Waals surface area contributed by atoms with Crippen molar-refractivity contribution in [2.45, 2.75) is 57.8 Å². The summed E-state index contributed by atoms with van der Waals surface area (Å²) < 4.78 is 21.4. The lowest BCUT2D eigenvalue weighted by Gasteiger charge is -2.17. The van der Waals surface area contributed by atoms with Crippen molar-refractivity contribution in [3.63, 3.8) is 0 Å². The van der Waals surface area contributed by atoms with E-state index in [1.54, 1.807) is 6.07 Å². The maximum atomic E-state index is 14.4. The van der Waals surface area contributed by atoms with Gasteiger partial charge in [-0.05, 0) is 30.0 Å². The molecular weight excluding hydrogens is 307 g/mol. The maximum absolute atomic E-state index is 14.4. The molecule has 0 radical (unpaired) electrons. The van der Waals surface area contributed by atoms with Gasteiger partial charge in [0.1, 0.15) is 11.3 Å². The van der Waals surface area contributed by atoms with E-state index in [4.69, 9.17) is 4.52 Å². The number of halogens is 1. The first kappa shape index (κ1) is 15.3. The fourth-order valence-corrected chi connectivity index (χ4v) is 3.55. The van der Waals surface area contributed by atoms with Gasteiger partial charge in [-0.1, -0.05) is 45.2 Å². The summed E-state index contributed by atoms with van der Waals surface area (Å²) >= 11 is 0. The standard InChI is InChI=1S/C18H21FN4O/c1-11(2)15-13-9-6-10-14(19)16(13)23(21-15)18-20-17(24-22-18)12-7-4-3-5-8-12/h6,9-12H,3-5,7-8H2,1-2H3. The highest BCUT2D eigenvalue weighted by molar-refractivity contribution is 5.84.